The van der Waals surface area contributed by atoms with Crippen molar-refractivity contribution < 1.29 is 9.59 Å². The Morgan fingerprint density at radius 2 is 2.10 bits per heavy atom. The lowest BCUT2D eigenvalue weighted by molar-refractivity contribution is -0.134. The maximum Gasteiger partial charge on any atom is 0.250 e. The average molecular weight is 276 g/mol. The first-order valence-electron chi connectivity index (χ1n) is 7.19. The van der Waals surface area contributed by atoms with Gasteiger partial charge in [0.1, 0.15) is 12.1 Å². The Bertz CT molecular complexity index is 562. The second-order valence-electron chi connectivity index (χ2n) is 5.70. The van der Waals surface area contributed by atoms with Crippen LogP contribution >= 0.6 is 0 Å². The topological polar surface area (TPSA) is 67.2 Å². The van der Waals surface area contributed by atoms with Crippen LogP contribution in [0, 0.1) is 5.92 Å². The van der Waals surface area contributed by atoms with Gasteiger partial charge in [0.25, 0.3) is 5.91 Å². The SMILES string of the molecule is CCc1nn(C)cc1N1C(=O)C(C2CC2)NC(=O)C1C. The van der Waals surface area contributed by atoms with Crippen molar-refractivity contribution in [1.82, 2.24) is 15.1 Å². The molecule has 1 N–H and O–H groups in total. The van der Waals surface area contributed by atoms with E-state index in [0.717, 1.165) is 30.6 Å². The van der Waals surface area contributed by atoms with Crippen molar-refractivity contribution in [3.8, 4) is 0 Å². The summed E-state index contributed by atoms with van der Waals surface area (Å²) < 4.78 is 1.70. The van der Waals surface area contributed by atoms with Crippen LogP contribution in [0.2, 0.25) is 0 Å². The van der Waals surface area contributed by atoms with E-state index in [1.165, 1.54) is 0 Å². The molecule has 3 rings (SSSR count). The third kappa shape index (κ3) is 1.99. The van der Waals surface area contributed by atoms with E-state index in [9.17, 15) is 9.59 Å². The second-order valence-corrected chi connectivity index (χ2v) is 5.70. The van der Waals surface area contributed by atoms with Gasteiger partial charge in [0.05, 0.1) is 11.4 Å². The first-order chi connectivity index (χ1) is 9.52. The molecule has 2 heterocycles. The maximum atomic E-state index is 12.7. The van der Waals surface area contributed by atoms with E-state index in [1.54, 1.807) is 16.5 Å². The molecule has 2 fully saturated rings. The highest BCUT2D eigenvalue weighted by atomic mass is 16.2. The molecule has 6 nitrogen and oxygen atoms in total. The normalized spacial score (nSPS) is 26.9. The molecule has 1 aliphatic heterocycles. The van der Waals surface area contributed by atoms with Crippen LogP contribution in [-0.2, 0) is 23.1 Å². The number of aromatic nitrogens is 2. The van der Waals surface area contributed by atoms with E-state index in [2.05, 4.69) is 10.4 Å². The number of aryl methyl sites for hydroxylation is 2. The van der Waals surface area contributed by atoms with Gasteiger partial charge in [-0.3, -0.25) is 19.2 Å². The lowest BCUT2D eigenvalue weighted by Crippen LogP contribution is -2.63. The van der Waals surface area contributed by atoms with Gasteiger partial charge in [-0.1, -0.05) is 6.92 Å². The van der Waals surface area contributed by atoms with Crippen LogP contribution in [0.1, 0.15) is 32.4 Å². The van der Waals surface area contributed by atoms with Crippen LogP contribution in [0.5, 0.6) is 0 Å². The third-order valence-corrected chi connectivity index (χ3v) is 4.14. The zero-order valence-corrected chi connectivity index (χ0v) is 12.1. The molecule has 2 atom stereocenters. The summed E-state index contributed by atoms with van der Waals surface area (Å²) in [6, 6.07) is -0.837. The fraction of sp³-hybridized carbons (Fsp3) is 0.643. The number of carbonyl (C=O) groups is 2. The van der Waals surface area contributed by atoms with Crippen LogP contribution in [0.3, 0.4) is 0 Å². The highest BCUT2D eigenvalue weighted by molar-refractivity contribution is 6.08. The van der Waals surface area contributed by atoms with E-state index in [4.69, 9.17) is 0 Å². The van der Waals surface area contributed by atoms with Crippen molar-refractivity contribution in [3.63, 3.8) is 0 Å². The highest BCUT2D eigenvalue weighted by Gasteiger charge is 2.46. The first-order valence-corrected chi connectivity index (χ1v) is 7.19. The van der Waals surface area contributed by atoms with Gasteiger partial charge in [-0.05, 0) is 32.1 Å². The van der Waals surface area contributed by atoms with Crippen LogP contribution < -0.4 is 10.2 Å². The van der Waals surface area contributed by atoms with Gasteiger partial charge < -0.3 is 5.32 Å². The quantitative estimate of drug-likeness (QED) is 0.879. The van der Waals surface area contributed by atoms with E-state index in [1.807, 2.05) is 20.2 Å². The van der Waals surface area contributed by atoms with Crippen molar-refractivity contribution in [2.45, 2.75) is 45.2 Å². The minimum atomic E-state index is -0.480. The Morgan fingerprint density at radius 1 is 1.40 bits per heavy atom. The van der Waals surface area contributed by atoms with Gasteiger partial charge >= 0.3 is 0 Å². The Kier molecular flexibility index (Phi) is 3.03. The van der Waals surface area contributed by atoms with Crippen molar-refractivity contribution in [3.05, 3.63) is 11.9 Å². The molecule has 1 saturated heterocycles. The number of carbonyl (C=O) groups excluding carboxylic acids is 2. The number of piperazine rings is 1. The molecular weight excluding hydrogens is 256 g/mol. The summed E-state index contributed by atoms with van der Waals surface area (Å²) in [5.74, 6) is 0.234. The fourth-order valence-electron chi connectivity index (χ4n) is 2.85. The van der Waals surface area contributed by atoms with Gasteiger partial charge in [-0.25, -0.2) is 0 Å². The zero-order chi connectivity index (χ0) is 14.4. The number of hydrogen-bond acceptors (Lipinski definition) is 3. The molecule has 2 unspecified atom stereocenters. The molecule has 6 heteroatoms. The Balaban J connectivity index is 1.99. The summed E-state index contributed by atoms with van der Waals surface area (Å²) in [6.45, 7) is 3.77. The number of rotatable bonds is 3. The molecule has 1 aliphatic carbocycles. The number of nitrogens with one attached hydrogen (secondary N) is 1. The molecule has 2 aliphatic rings. The number of hydrogen-bond donors (Lipinski definition) is 1. The summed E-state index contributed by atoms with van der Waals surface area (Å²) in [6.07, 6.45) is 4.61. The predicted molar refractivity (Wildman–Crippen MR) is 74.2 cm³/mol. The second kappa shape index (κ2) is 4.61. The van der Waals surface area contributed by atoms with Gasteiger partial charge in [0, 0.05) is 13.2 Å². The lowest BCUT2D eigenvalue weighted by Gasteiger charge is -2.37. The standard InChI is InChI=1S/C14H20N4O2/c1-4-10-11(7-17(3)16-10)18-8(2)13(19)15-12(14(18)20)9-5-6-9/h7-9,12H,4-6H2,1-3H3,(H,15,19). The Labute approximate surface area is 118 Å². The predicted octanol–water partition coefficient (Wildman–Crippen LogP) is 0.612. The smallest absolute Gasteiger partial charge is 0.250 e. The molecule has 108 valence electrons. The van der Waals surface area contributed by atoms with Crippen molar-refractivity contribution in [2.75, 3.05) is 4.90 Å². The molecule has 1 saturated carbocycles. The monoisotopic (exact) mass is 276 g/mol. The zero-order valence-electron chi connectivity index (χ0n) is 12.1. The molecule has 0 aromatic carbocycles. The van der Waals surface area contributed by atoms with Gasteiger partial charge in [-0.2, -0.15) is 5.10 Å². The van der Waals surface area contributed by atoms with Crippen molar-refractivity contribution in [1.29, 1.82) is 0 Å². The first kappa shape index (κ1) is 13.1. The molecule has 1 aromatic rings. The minimum Gasteiger partial charge on any atom is -0.342 e. The molecular formula is C14H20N4O2. The Hall–Kier alpha value is -1.85. The number of anilines is 1. The summed E-state index contributed by atoms with van der Waals surface area (Å²) >= 11 is 0. The van der Waals surface area contributed by atoms with Crippen LogP contribution in [-0.4, -0.2) is 33.7 Å². The summed E-state index contributed by atoms with van der Waals surface area (Å²) in [4.78, 5) is 26.5. The van der Waals surface area contributed by atoms with Crippen LogP contribution in [0.25, 0.3) is 0 Å². The average Bonchev–Trinajstić information content (AvgIpc) is 3.18. The summed E-state index contributed by atoms with van der Waals surface area (Å²) in [5, 5.41) is 7.24. The molecule has 0 bridgehead atoms. The maximum absolute atomic E-state index is 12.7. The van der Waals surface area contributed by atoms with Crippen LogP contribution in [0.4, 0.5) is 5.69 Å². The minimum absolute atomic E-state index is 0.00213. The summed E-state index contributed by atoms with van der Waals surface area (Å²) in [5.41, 5.74) is 1.63. The van der Waals surface area contributed by atoms with Gasteiger partial charge in [-0.15, -0.1) is 0 Å². The fourth-order valence-corrected chi connectivity index (χ4v) is 2.85. The largest absolute Gasteiger partial charge is 0.342 e. The molecule has 0 spiro atoms. The molecule has 0 radical (unpaired) electrons. The summed E-state index contributed by atoms with van der Waals surface area (Å²) in [7, 11) is 1.83. The third-order valence-electron chi connectivity index (χ3n) is 4.14. The Morgan fingerprint density at radius 3 is 2.70 bits per heavy atom. The van der Waals surface area contributed by atoms with Gasteiger partial charge in [0.2, 0.25) is 5.91 Å². The molecule has 20 heavy (non-hydrogen) atoms. The molecule has 1 aromatic heterocycles. The number of amides is 2. The van der Waals surface area contributed by atoms with E-state index in [0.29, 0.717) is 5.92 Å². The highest BCUT2D eigenvalue weighted by Crippen LogP contribution is 2.36. The van der Waals surface area contributed by atoms with Crippen molar-refractivity contribution >= 4 is 17.5 Å². The van der Waals surface area contributed by atoms with E-state index in [-0.39, 0.29) is 17.9 Å². The van der Waals surface area contributed by atoms with Gasteiger partial charge in [0.15, 0.2) is 0 Å². The van der Waals surface area contributed by atoms with E-state index >= 15 is 0 Å². The van der Waals surface area contributed by atoms with Crippen molar-refractivity contribution in [2.24, 2.45) is 13.0 Å². The number of nitrogens with zero attached hydrogens (tertiary/aromatic N) is 3. The molecule has 2 amide bonds. The lowest BCUT2D eigenvalue weighted by atomic mass is 10.0. The van der Waals surface area contributed by atoms with Crippen LogP contribution in [0.15, 0.2) is 6.20 Å². The van der Waals surface area contributed by atoms with E-state index < -0.39 is 6.04 Å².